The Kier molecular flexibility index (Phi) is 5.89. The van der Waals surface area contributed by atoms with Crippen LogP contribution in [0, 0.1) is 0 Å². The summed E-state index contributed by atoms with van der Waals surface area (Å²) >= 11 is 0. The van der Waals surface area contributed by atoms with E-state index < -0.39 is 9.84 Å². The molecule has 0 radical (unpaired) electrons. The lowest BCUT2D eigenvalue weighted by Crippen LogP contribution is -2.43. The second-order valence-electron chi connectivity index (χ2n) is 5.11. The van der Waals surface area contributed by atoms with Crippen molar-refractivity contribution in [1.29, 1.82) is 0 Å². The molecule has 0 aromatic rings. The molecule has 1 N–H and O–H groups in total. The second-order valence-corrected chi connectivity index (χ2v) is 7.41. The summed E-state index contributed by atoms with van der Waals surface area (Å²) in [5.41, 5.74) is 0. The van der Waals surface area contributed by atoms with E-state index >= 15 is 0 Å². The van der Waals surface area contributed by atoms with Crippen molar-refractivity contribution >= 4 is 9.84 Å². The van der Waals surface area contributed by atoms with Crippen molar-refractivity contribution < 1.29 is 8.42 Å². The topological polar surface area (TPSA) is 49.4 Å². The van der Waals surface area contributed by atoms with E-state index in [1.807, 2.05) is 0 Å². The normalized spacial score (nSPS) is 25.1. The molecule has 0 aliphatic carbocycles. The third-order valence-electron chi connectivity index (χ3n) is 3.59. The van der Waals surface area contributed by atoms with E-state index in [0.717, 1.165) is 25.9 Å². The molecule has 0 spiro atoms. The summed E-state index contributed by atoms with van der Waals surface area (Å²) in [6.07, 6.45) is 1.90. The molecule has 1 fully saturated rings. The van der Waals surface area contributed by atoms with Gasteiger partial charge in [0.2, 0.25) is 0 Å². The predicted octanol–water partition coefficient (Wildman–Crippen LogP) is 0.884. The molecular formula is C12H26N2O2S. The fraction of sp³-hybridized carbons (Fsp3) is 1.00. The minimum absolute atomic E-state index is 0.320. The van der Waals surface area contributed by atoms with Gasteiger partial charge in [-0.2, -0.15) is 0 Å². The smallest absolute Gasteiger partial charge is 0.151 e. The Morgan fingerprint density at radius 3 is 2.59 bits per heavy atom. The van der Waals surface area contributed by atoms with Gasteiger partial charge in [0.05, 0.1) is 11.5 Å². The van der Waals surface area contributed by atoms with Gasteiger partial charge in [0.15, 0.2) is 9.84 Å². The summed E-state index contributed by atoms with van der Waals surface area (Å²) in [6.45, 7) is 9.05. The molecule has 0 bridgehead atoms. The Bertz CT molecular complexity index is 316. The van der Waals surface area contributed by atoms with Crippen LogP contribution in [0.15, 0.2) is 0 Å². The van der Waals surface area contributed by atoms with Crippen LogP contribution >= 0.6 is 0 Å². The maximum Gasteiger partial charge on any atom is 0.151 e. The predicted molar refractivity (Wildman–Crippen MR) is 72.1 cm³/mol. The van der Waals surface area contributed by atoms with Crippen molar-refractivity contribution in [2.24, 2.45) is 0 Å². The summed E-state index contributed by atoms with van der Waals surface area (Å²) < 4.78 is 23.0. The average Bonchev–Trinajstić information content (AvgIpc) is 2.46. The Labute approximate surface area is 106 Å². The molecule has 1 saturated heterocycles. The lowest BCUT2D eigenvalue weighted by molar-refractivity contribution is 0.216. The first kappa shape index (κ1) is 14.9. The summed E-state index contributed by atoms with van der Waals surface area (Å²) in [5.74, 6) is 0.676. The van der Waals surface area contributed by atoms with E-state index in [2.05, 4.69) is 31.0 Å². The van der Waals surface area contributed by atoms with Gasteiger partial charge in [-0.25, -0.2) is 8.42 Å². The first-order valence-corrected chi connectivity index (χ1v) is 8.44. The van der Waals surface area contributed by atoms with E-state index in [0.29, 0.717) is 30.1 Å². The molecule has 1 aliphatic rings. The van der Waals surface area contributed by atoms with Gasteiger partial charge in [0.25, 0.3) is 0 Å². The highest BCUT2D eigenvalue weighted by molar-refractivity contribution is 7.91. The van der Waals surface area contributed by atoms with E-state index in [1.165, 1.54) is 0 Å². The monoisotopic (exact) mass is 262 g/mol. The Morgan fingerprint density at radius 2 is 1.94 bits per heavy atom. The van der Waals surface area contributed by atoms with Crippen molar-refractivity contribution in [3.63, 3.8) is 0 Å². The molecule has 1 rings (SSSR count). The molecule has 5 heteroatoms. The van der Waals surface area contributed by atoms with Crippen LogP contribution in [0.1, 0.15) is 33.6 Å². The van der Waals surface area contributed by atoms with Gasteiger partial charge in [-0.3, -0.25) is 4.90 Å². The molecule has 17 heavy (non-hydrogen) atoms. The number of hydrogen-bond acceptors (Lipinski definition) is 4. The SMILES string of the molecule is CCC(C)NCC(C)N1CCCS(=O)(=O)CC1. The number of nitrogens with one attached hydrogen (secondary N) is 1. The zero-order chi connectivity index (χ0) is 12.9. The first-order valence-electron chi connectivity index (χ1n) is 6.62. The summed E-state index contributed by atoms with van der Waals surface area (Å²) in [6, 6.07) is 0.950. The van der Waals surface area contributed by atoms with Gasteiger partial charge in [-0.1, -0.05) is 6.92 Å². The first-order chi connectivity index (χ1) is 7.94. The summed E-state index contributed by atoms with van der Waals surface area (Å²) in [5, 5.41) is 3.48. The van der Waals surface area contributed by atoms with Crippen molar-refractivity contribution in [3.8, 4) is 0 Å². The number of sulfone groups is 1. The molecule has 0 aromatic heterocycles. The lowest BCUT2D eigenvalue weighted by atomic mass is 10.2. The van der Waals surface area contributed by atoms with Crippen LogP contribution in [-0.4, -0.2) is 56.5 Å². The van der Waals surface area contributed by atoms with E-state index in [4.69, 9.17) is 0 Å². The molecule has 1 heterocycles. The third-order valence-corrected chi connectivity index (χ3v) is 5.30. The van der Waals surface area contributed by atoms with Crippen LogP contribution in [0.5, 0.6) is 0 Å². The van der Waals surface area contributed by atoms with Gasteiger partial charge in [-0.05, 0) is 33.2 Å². The fourth-order valence-electron chi connectivity index (χ4n) is 2.04. The Balaban J connectivity index is 2.39. The molecule has 102 valence electrons. The molecule has 0 aromatic carbocycles. The van der Waals surface area contributed by atoms with Crippen molar-refractivity contribution in [2.75, 3.05) is 31.1 Å². The number of nitrogens with zero attached hydrogens (tertiary/aromatic N) is 1. The van der Waals surface area contributed by atoms with Crippen molar-refractivity contribution in [1.82, 2.24) is 10.2 Å². The molecule has 0 amide bonds. The van der Waals surface area contributed by atoms with Crippen LogP contribution < -0.4 is 5.32 Å². The van der Waals surface area contributed by atoms with Crippen molar-refractivity contribution in [2.45, 2.75) is 45.7 Å². The molecule has 1 aliphatic heterocycles. The maximum absolute atomic E-state index is 11.5. The van der Waals surface area contributed by atoms with E-state index in [-0.39, 0.29) is 0 Å². The van der Waals surface area contributed by atoms with Crippen molar-refractivity contribution in [3.05, 3.63) is 0 Å². The van der Waals surface area contributed by atoms with Gasteiger partial charge >= 0.3 is 0 Å². The molecule has 2 atom stereocenters. The molecule has 4 nitrogen and oxygen atoms in total. The number of hydrogen-bond donors (Lipinski definition) is 1. The standard InChI is InChI=1S/C12H26N2O2S/c1-4-11(2)13-10-12(3)14-6-5-8-17(15,16)9-7-14/h11-13H,4-10H2,1-3H3. The lowest BCUT2D eigenvalue weighted by Gasteiger charge is -2.28. The highest BCUT2D eigenvalue weighted by Gasteiger charge is 2.22. The van der Waals surface area contributed by atoms with Gasteiger partial charge in [-0.15, -0.1) is 0 Å². The summed E-state index contributed by atoms with van der Waals surface area (Å²) in [7, 11) is -2.78. The largest absolute Gasteiger partial charge is 0.313 e. The quantitative estimate of drug-likeness (QED) is 0.799. The zero-order valence-electron chi connectivity index (χ0n) is 11.3. The Morgan fingerprint density at radius 1 is 1.24 bits per heavy atom. The van der Waals surface area contributed by atoms with Crippen LogP contribution in [0.4, 0.5) is 0 Å². The molecule has 0 saturated carbocycles. The molecule has 2 unspecified atom stereocenters. The second kappa shape index (κ2) is 6.71. The van der Waals surface area contributed by atoms with Gasteiger partial charge in [0, 0.05) is 25.2 Å². The van der Waals surface area contributed by atoms with Crippen LogP contribution in [0.25, 0.3) is 0 Å². The third kappa shape index (κ3) is 5.36. The Hall–Kier alpha value is -0.130. The minimum Gasteiger partial charge on any atom is -0.313 e. The average molecular weight is 262 g/mol. The van der Waals surface area contributed by atoms with Crippen LogP contribution in [0.3, 0.4) is 0 Å². The van der Waals surface area contributed by atoms with Gasteiger partial charge in [0.1, 0.15) is 0 Å². The highest BCUT2D eigenvalue weighted by Crippen LogP contribution is 2.08. The highest BCUT2D eigenvalue weighted by atomic mass is 32.2. The maximum atomic E-state index is 11.5. The van der Waals surface area contributed by atoms with E-state index in [1.54, 1.807) is 0 Å². The van der Waals surface area contributed by atoms with Crippen LogP contribution in [-0.2, 0) is 9.84 Å². The summed E-state index contributed by atoms with van der Waals surface area (Å²) in [4.78, 5) is 2.29. The fourth-order valence-corrected chi connectivity index (χ4v) is 3.33. The molecular weight excluding hydrogens is 236 g/mol. The zero-order valence-corrected chi connectivity index (χ0v) is 12.1. The minimum atomic E-state index is -2.78. The van der Waals surface area contributed by atoms with Crippen LogP contribution in [0.2, 0.25) is 0 Å². The number of rotatable bonds is 5. The van der Waals surface area contributed by atoms with E-state index in [9.17, 15) is 8.42 Å². The van der Waals surface area contributed by atoms with Gasteiger partial charge < -0.3 is 5.32 Å².